The summed E-state index contributed by atoms with van der Waals surface area (Å²) in [7, 11) is 0. The Morgan fingerprint density at radius 1 is 1.63 bits per heavy atom. The van der Waals surface area contributed by atoms with Crippen molar-refractivity contribution in [3.05, 3.63) is 40.0 Å². The van der Waals surface area contributed by atoms with Crippen LogP contribution < -0.4 is 4.90 Å². The Labute approximate surface area is 108 Å². The van der Waals surface area contributed by atoms with Gasteiger partial charge >= 0.3 is 0 Å². The lowest BCUT2D eigenvalue weighted by atomic mass is 10.1. The molecule has 1 amide bonds. The van der Waals surface area contributed by atoms with E-state index in [4.69, 9.17) is 10.8 Å². The van der Waals surface area contributed by atoms with E-state index in [0.717, 1.165) is 6.07 Å². The number of hydrogen-bond donors (Lipinski definition) is 0. The maximum Gasteiger partial charge on any atom is 0.227 e. The molecule has 0 spiro atoms. The third-order valence-electron chi connectivity index (χ3n) is 2.98. The zero-order chi connectivity index (χ0) is 13.8. The van der Waals surface area contributed by atoms with Crippen molar-refractivity contribution in [2.45, 2.75) is 6.42 Å². The van der Waals surface area contributed by atoms with E-state index in [2.05, 4.69) is 10.0 Å². The fraction of sp³-hybridized carbons (Fsp3) is 0.333. The number of azide groups is 1. The molecular formula is C12H10FN5O. The Hall–Kier alpha value is -2.58. The number of rotatable bonds is 3. The van der Waals surface area contributed by atoms with Crippen molar-refractivity contribution in [2.24, 2.45) is 11.0 Å². The minimum atomic E-state index is -0.516. The first-order chi connectivity index (χ1) is 9.15. The predicted molar refractivity (Wildman–Crippen MR) is 65.6 cm³/mol. The first kappa shape index (κ1) is 12.9. The Bertz CT molecular complexity index is 603. The van der Waals surface area contributed by atoms with Crippen LogP contribution in [0.2, 0.25) is 0 Å². The number of halogens is 1. The van der Waals surface area contributed by atoms with E-state index in [9.17, 15) is 9.18 Å². The monoisotopic (exact) mass is 259 g/mol. The maximum atomic E-state index is 13.1. The molecule has 1 fully saturated rings. The van der Waals surface area contributed by atoms with Gasteiger partial charge in [-0.2, -0.15) is 5.26 Å². The fourth-order valence-electron chi connectivity index (χ4n) is 2.12. The van der Waals surface area contributed by atoms with Crippen molar-refractivity contribution >= 4 is 11.6 Å². The molecule has 1 unspecified atom stereocenters. The molecule has 0 aromatic heterocycles. The molecule has 2 rings (SSSR count). The normalized spacial score (nSPS) is 18.0. The Morgan fingerprint density at radius 3 is 3.11 bits per heavy atom. The van der Waals surface area contributed by atoms with Crippen molar-refractivity contribution in [1.29, 1.82) is 5.26 Å². The van der Waals surface area contributed by atoms with E-state index >= 15 is 0 Å². The van der Waals surface area contributed by atoms with Gasteiger partial charge in [0.25, 0.3) is 0 Å². The summed E-state index contributed by atoms with van der Waals surface area (Å²) in [5, 5.41) is 12.4. The largest absolute Gasteiger partial charge is 0.311 e. The van der Waals surface area contributed by atoms with Crippen LogP contribution in [0.4, 0.5) is 10.1 Å². The SMILES string of the molecule is N#Cc1cc(F)ccc1N1CC(CN=[N+]=[N-])CC1=O. The van der Waals surface area contributed by atoms with Crippen molar-refractivity contribution in [3.8, 4) is 6.07 Å². The van der Waals surface area contributed by atoms with E-state index in [-0.39, 0.29) is 30.4 Å². The van der Waals surface area contributed by atoms with E-state index in [1.165, 1.54) is 17.0 Å². The molecule has 96 valence electrons. The topological polar surface area (TPSA) is 92.9 Å². The highest BCUT2D eigenvalue weighted by Gasteiger charge is 2.31. The highest BCUT2D eigenvalue weighted by atomic mass is 19.1. The van der Waals surface area contributed by atoms with Gasteiger partial charge in [-0.05, 0) is 29.6 Å². The molecule has 0 aliphatic carbocycles. The number of nitrogens with zero attached hydrogens (tertiary/aromatic N) is 5. The molecule has 0 saturated carbocycles. The first-order valence-corrected chi connectivity index (χ1v) is 5.66. The summed E-state index contributed by atoms with van der Waals surface area (Å²) in [5.41, 5.74) is 8.79. The van der Waals surface area contributed by atoms with E-state index in [1.54, 1.807) is 0 Å². The molecule has 1 aliphatic heterocycles. The standard InChI is InChI=1S/C12H10FN5O/c13-10-1-2-11(9(4-10)5-14)18-7-8(3-12(18)19)6-16-17-15/h1-2,4,8H,3,6-7H2. The summed E-state index contributed by atoms with van der Waals surface area (Å²) in [4.78, 5) is 16.0. The molecule has 0 bridgehead atoms. The number of amides is 1. The average Bonchev–Trinajstić information content (AvgIpc) is 2.77. The molecular weight excluding hydrogens is 249 g/mol. The van der Waals surface area contributed by atoms with Gasteiger partial charge in [0, 0.05) is 24.4 Å². The smallest absolute Gasteiger partial charge is 0.227 e. The lowest BCUT2D eigenvalue weighted by molar-refractivity contribution is -0.117. The molecule has 1 aliphatic rings. The van der Waals surface area contributed by atoms with Crippen molar-refractivity contribution in [1.82, 2.24) is 0 Å². The molecule has 1 aromatic carbocycles. The van der Waals surface area contributed by atoms with E-state index in [0.29, 0.717) is 12.2 Å². The van der Waals surface area contributed by atoms with Crippen molar-refractivity contribution in [3.63, 3.8) is 0 Å². The zero-order valence-electron chi connectivity index (χ0n) is 9.95. The Morgan fingerprint density at radius 2 is 2.42 bits per heavy atom. The summed E-state index contributed by atoms with van der Waals surface area (Å²) >= 11 is 0. The van der Waals surface area contributed by atoms with Crippen LogP contribution in [0.1, 0.15) is 12.0 Å². The lowest BCUT2D eigenvalue weighted by Crippen LogP contribution is -2.25. The fourth-order valence-corrected chi connectivity index (χ4v) is 2.12. The lowest BCUT2D eigenvalue weighted by Gasteiger charge is -2.17. The van der Waals surface area contributed by atoms with Crippen LogP contribution in [-0.4, -0.2) is 19.0 Å². The second kappa shape index (κ2) is 5.38. The number of hydrogen-bond acceptors (Lipinski definition) is 3. The first-order valence-electron chi connectivity index (χ1n) is 5.66. The zero-order valence-corrected chi connectivity index (χ0v) is 9.95. The van der Waals surface area contributed by atoms with Gasteiger partial charge in [0.15, 0.2) is 0 Å². The minimum absolute atomic E-state index is 0.0694. The van der Waals surface area contributed by atoms with Gasteiger partial charge in [-0.1, -0.05) is 5.11 Å². The quantitative estimate of drug-likeness (QED) is 0.473. The van der Waals surface area contributed by atoms with Crippen LogP contribution >= 0.6 is 0 Å². The highest BCUT2D eigenvalue weighted by Crippen LogP contribution is 2.28. The summed E-state index contributed by atoms with van der Waals surface area (Å²) in [6.45, 7) is 0.611. The average molecular weight is 259 g/mol. The highest BCUT2D eigenvalue weighted by molar-refractivity contribution is 5.97. The molecule has 0 radical (unpaired) electrons. The van der Waals surface area contributed by atoms with Crippen molar-refractivity contribution < 1.29 is 9.18 Å². The number of carbonyl (C=O) groups is 1. The molecule has 19 heavy (non-hydrogen) atoms. The summed E-state index contributed by atoms with van der Waals surface area (Å²) in [6.07, 6.45) is 0.265. The van der Waals surface area contributed by atoms with Crippen LogP contribution in [0.3, 0.4) is 0 Å². The third-order valence-corrected chi connectivity index (χ3v) is 2.98. The molecule has 1 heterocycles. The van der Waals surface area contributed by atoms with Gasteiger partial charge in [0.1, 0.15) is 11.9 Å². The molecule has 0 N–H and O–H groups in total. The van der Waals surface area contributed by atoms with Crippen LogP contribution in [0.25, 0.3) is 10.4 Å². The van der Waals surface area contributed by atoms with Crippen LogP contribution in [0.5, 0.6) is 0 Å². The number of benzene rings is 1. The number of anilines is 1. The maximum absolute atomic E-state index is 13.1. The molecule has 6 nitrogen and oxygen atoms in total. The van der Waals surface area contributed by atoms with Crippen LogP contribution in [-0.2, 0) is 4.79 Å². The molecule has 1 atom stereocenters. The second-order valence-electron chi connectivity index (χ2n) is 4.26. The van der Waals surface area contributed by atoms with Gasteiger partial charge in [0.2, 0.25) is 5.91 Å². The second-order valence-corrected chi connectivity index (χ2v) is 4.26. The van der Waals surface area contributed by atoms with Crippen LogP contribution in [0, 0.1) is 23.1 Å². The Balaban J connectivity index is 2.26. The Kier molecular flexibility index (Phi) is 3.64. The van der Waals surface area contributed by atoms with Crippen LogP contribution in [0.15, 0.2) is 23.3 Å². The van der Waals surface area contributed by atoms with Gasteiger partial charge in [-0.3, -0.25) is 4.79 Å². The van der Waals surface area contributed by atoms with Gasteiger partial charge in [-0.15, -0.1) is 0 Å². The van der Waals surface area contributed by atoms with Gasteiger partial charge < -0.3 is 4.90 Å². The van der Waals surface area contributed by atoms with E-state index < -0.39 is 5.82 Å². The minimum Gasteiger partial charge on any atom is -0.311 e. The van der Waals surface area contributed by atoms with Gasteiger partial charge in [-0.25, -0.2) is 4.39 Å². The number of carbonyl (C=O) groups excluding carboxylic acids is 1. The summed E-state index contributed by atoms with van der Waals surface area (Å²) in [6, 6.07) is 5.61. The van der Waals surface area contributed by atoms with Crippen molar-refractivity contribution in [2.75, 3.05) is 18.0 Å². The molecule has 1 saturated heterocycles. The summed E-state index contributed by atoms with van der Waals surface area (Å²) in [5.74, 6) is -0.737. The molecule has 7 heteroatoms. The van der Waals surface area contributed by atoms with E-state index in [1.807, 2.05) is 6.07 Å². The third kappa shape index (κ3) is 2.64. The predicted octanol–water partition coefficient (Wildman–Crippen LogP) is 2.36. The number of nitriles is 1. The molecule has 1 aromatic rings. The van der Waals surface area contributed by atoms with Gasteiger partial charge in [0.05, 0.1) is 11.3 Å². The summed E-state index contributed by atoms with van der Waals surface area (Å²) < 4.78 is 13.1.